The molecule has 4 N–H and O–H groups in total. The van der Waals surface area contributed by atoms with E-state index in [1.165, 1.54) is 0 Å². The normalized spacial score (nSPS) is 10.8. The SMILES string of the molecule is Cl.NCc1cc(S(N)(=O)=O)ccc1F. The van der Waals surface area contributed by atoms with Crippen molar-refractivity contribution >= 4 is 22.4 Å². The van der Waals surface area contributed by atoms with Crippen LogP contribution in [-0.2, 0) is 16.6 Å². The monoisotopic (exact) mass is 240 g/mol. The quantitative estimate of drug-likeness (QED) is 0.782. The van der Waals surface area contributed by atoms with Crippen LogP contribution in [0.4, 0.5) is 4.39 Å². The number of hydrogen-bond donors (Lipinski definition) is 2. The molecule has 0 unspecified atom stereocenters. The molecule has 1 rings (SSSR count). The number of sulfonamides is 1. The molecule has 0 aliphatic carbocycles. The van der Waals surface area contributed by atoms with E-state index in [1.807, 2.05) is 0 Å². The molecule has 14 heavy (non-hydrogen) atoms. The fourth-order valence-electron chi connectivity index (χ4n) is 0.885. The minimum atomic E-state index is -3.77. The first-order valence-electron chi connectivity index (χ1n) is 3.46. The second-order valence-corrected chi connectivity index (χ2v) is 4.06. The predicted molar refractivity (Wildman–Crippen MR) is 52.9 cm³/mol. The van der Waals surface area contributed by atoms with Crippen molar-refractivity contribution in [3.63, 3.8) is 0 Å². The Labute approximate surface area is 87.6 Å². The van der Waals surface area contributed by atoms with E-state index in [9.17, 15) is 12.8 Å². The molecular weight excluding hydrogens is 231 g/mol. The maximum Gasteiger partial charge on any atom is 0.238 e. The predicted octanol–water partition coefficient (Wildman–Crippen LogP) is 0.354. The lowest BCUT2D eigenvalue weighted by atomic mass is 10.2. The zero-order chi connectivity index (χ0) is 10.1. The minimum absolute atomic E-state index is 0. The van der Waals surface area contributed by atoms with E-state index < -0.39 is 15.8 Å². The standard InChI is InChI=1S/C7H9FN2O2S.ClH/c8-7-2-1-6(13(10,11)12)3-5(7)4-9;/h1-3H,4,9H2,(H2,10,11,12);1H. The molecule has 0 atom stereocenters. The second-order valence-electron chi connectivity index (χ2n) is 2.50. The molecule has 7 heteroatoms. The van der Waals surface area contributed by atoms with Crippen LogP contribution in [0.5, 0.6) is 0 Å². The van der Waals surface area contributed by atoms with Crippen molar-refractivity contribution < 1.29 is 12.8 Å². The summed E-state index contributed by atoms with van der Waals surface area (Å²) in [4.78, 5) is -0.130. The highest BCUT2D eigenvalue weighted by Gasteiger charge is 2.10. The molecule has 1 aromatic carbocycles. The summed E-state index contributed by atoms with van der Waals surface area (Å²) < 4.78 is 34.5. The molecule has 0 aliphatic heterocycles. The van der Waals surface area contributed by atoms with E-state index in [4.69, 9.17) is 10.9 Å². The van der Waals surface area contributed by atoms with Crippen molar-refractivity contribution in [3.8, 4) is 0 Å². The van der Waals surface area contributed by atoms with Gasteiger partial charge in [-0.15, -0.1) is 12.4 Å². The molecule has 80 valence electrons. The Balaban J connectivity index is 0.00000169. The molecule has 0 amide bonds. The zero-order valence-electron chi connectivity index (χ0n) is 7.10. The van der Waals surface area contributed by atoms with Crippen molar-refractivity contribution in [1.82, 2.24) is 0 Å². The third-order valence-corrected chi connectivity index (χ3v) is 2.48. The van der Waals surface area contributed by atoms with Gasteiger partial charge >= 0.3 is 0 Å². The largest absolute Gasteiger partial charge is 0.326 e. The molecule has 0 saturated carbocycles. The highest BCUT2D eigenvalue weighted by atomic mass is 35.5. The molecule has 0 heterocycles. The Morgan fingerprint density at radius 3 is 2.36 bits per heavy atom. The lowest BCUT2D eigenvalue weighted by Gasteiger charge is -2.02. The molecule has 0 aromatic heterocycles. The van der Waals surface area contributed by atoms with Gasteiger partial charge in [-0.1, -0.05) is 0 Å². The maximum atomic E-state index is 12.8. The molecule has 0 fully saturated rings. The van der Waals surface area contributed by atoms with E-state index in [0.717, 1.165) is 18.2 Å². The van der Waals surface area contributed by atoms with Crippen molar-refractivity contribution in [2.45, 2.75) is 11.4 Å². The summed E-state index contributed by atoms with van der Waals surface area (Å²) in [7, 11) is -3.77. The Morgan fingerprint density at radius 2 is 1.93 bits per heavy atom. The van der Waals surface area contributed by atoms with Gasteiger partial charge in [0.2, 0.25) is 10.0 Å². The topological polar surface area (TPSA) is 86.2 Å². The van der Waals surface area contributed by atoms with Crippen molar-refractivity contribution in [2.75, 3.05) is 0 Å². The zero-order valence-corrected chi connectivity index (χ0v) is 8.74. The van der Waals surface area contributed by atoms with Gasteiger partial charge in [-0.3, -0.25) is 0 Å². The van der Waals surface area contributed by atoms with Crippen molar-refractivity contribution in [3.05, 3.63) is 29.6 Å². The fourth-order valence-corrected chi connectivity index (χ4v) is 1.45. The van der Waals surface area contributed by atoms with Gasteiger partial charge in [0.25, 0.3) is 0 Å². The number of hydrogen-bond acceptors (Lipinski definition) is 3. The Bertz CT molecular complexity index is 422. The van der Waals surface area contributed by atoms with E-state index in [2.05, 4.69) is 0 Å². The lowest BCUT2D eigenvalue weighted by molar-refractivity contribution is 0.593. The first-order chi connectivity index (χ1) is 5.95. The third-order valence-electron chi connectivity index (χ3n) is 1.57. The van der Waals surface area contributed by atoms with Gasteiger partial charge in [-0.05, 0) is 18.2 Å². The van der Waals surface area contributed by atoms with Gasteiger partial charge in [0.1, 0.15) is 5.82 Å². The van der Waals surface area contributed by atoms with E-state index in [0.29, 0.717) is 0 Å². The van der Waals surface area contributed by atoms with Crippen LogP contribution in [-0.4, -0.2) is 8.42 Å². The summed E-state index contributed by atoms with van der Waals surface area (Å²) in [5.74, 6) is -0.532. The van der Waals surface area contributed by atoms with Crippen LogP contribution in [0.15, 0.2) is 23.1 Å². The Kier molecular flexibility index (Phi) is 4.47. The second kappa shape index (κ2) is 4.70. The molecule has 1 aromatic rings. The number of rotatable bonds is 2. The summed E-state index contributed by atoms with van der Waals surface area (Å²) in [6.45, 7) is -0.0603. The van der Waals surface area contributed by atoms with Crippen LogP contribution in [0.25, 0.3) is 0 Å². The third kappa shape index (κ3) is 2.91. The van der Waals surface area contributed by atoms with Gasteiger partial charge in [-0.25, -0.2) is 17.9 Å². The molecule has 0 radical (unpaired) electrons. The minimum Gasteiger partial charge on any atom is -0.326 e. The summed E-state index contributed by atoms with van der Waals surface area (Å²) in [6, 6.07) is 3.26. The maximum absolute atomic E-state index is 12.8. The van der Waals surface area contributed by atoms with Gasteiger partial charge in [0, 0.05) is 12.1 Å². The van der Waals surface area contributed by atoms with E-state index in [-0.39, 0.29) is 29.4 Å². The van der Waals surface area contributed by atoms with Crippen molar-refractivity contribution in [1.29, 1.82) is 0 Å². The highest BCUT2D eigenvalue weighted by molar-refractivity contribution is 7.89. The number of benzene rings is 1. The van der Waals surface area contributed by atoms with Crippen LogP contribution >= 0.6 is 12.4 Å². The Morgan fingerprint density at radius 1 is 1.36 bits per heavy atom. The van der Waals surface area contributed by atoms with E-state index >= 15 is 0 Å². The average Bonchev–Trinajstić information content (AvgIpc) is 2.03. The van der Waals surface area contributed by atoms with Crippen molar-refractivity contribution in [2.24, 2.45) is 10.9 Å². The lowest BCUT2D eigenvalue weighted by Crippen LogP contribution is -2.13. The average molecular weight is 241 g/mol. The van der Waals surface area contributed by atoms with Crippen LogP contribution in [0, 0.1) is 5.82 Å². The van der Waals surface area contributed by atoms with Gasteiger partial charge in [-0.2, -0.15) is 0 Å². The number of nitrogens with two attached hydrogens (primary N) is 2. The Hall–Kier alpha value is -0.690. The van der Waals surface area contributed by atoms with Crippen LogP contribution in [0.1, 0.15) is 5.56 Å². The van der Waals surface area contributed by atoms with Gasteiger partial charge in [0.15, 0.2) is 0 Å². The summed E-state index contributed by atoms with van der Waals surface area (Å²) in [6.07, 6.45) is 0. The molecule has 0 saturated heterocycles. The summed E-state index contributed by atoms with van der Waals surface area (Å²) >= 11 is 0. The van der Waals surface area contributed by atoms with Crippen LogP contribution in [0.3, 0.4) is 0 Å². The number of halogens is 2. The highest BCUT2D eigenvalue weighted by Crippen LogP contribution is 2.12. The molecular formula is C7H10ClFN2O2S. The molecule has 4 nitrogen and oxygen atoms in total. The van der Waals surface area contributed by atoms with Gasteiger partial charge < -0.3 is 5.73 Å². The van der Waals surface area contributed by atoms with E-state index in [1.54, 1.807) is 0 Å². The molecule has 0 bridgehead atoms. The number of primary sulfonamides is 1. The molecule has 0 aliphatic rings. The summed E-state index contributed by atoms with van der Waals surface area (Å²) in [5.41, 5.74) is 5.32. The summed E-state index contributed by atoms with van der Waals surface area (Å²) in [5, 5.41) is 4.84. The van der Waals surface area contributed by atoms with Crippen LogP contribution in [0.2, 0.25) is 0 Å². The first kappa shape index (κ1) is 13.3. The van der Waals surface area contributed by atoms with Crippen LogP contribution < -0.4 is 10.9 Å². The first-order valence-corrected chi connectivity index (χ1v) is 5.01. The smallest absolute Gasteiger partial charge is 0.238 e. The molecule has 0 spiro atoms. The fraction of sp³-hybridized carbons (Fsp3) is 0.143. The van der Waals surface area contributed by atoms with Gasteiger partial charge in [0.05, 0.1) is 4.90 Å².